The highest BCUT2D eigenvalue weighted by atomic mass is 35.5. The number of esters is 1. The second kappa shape index (κ2) is 15.0. The molecular formula is C31H36ClN6O8P. The zero-order chi connectivity index (χ0) is 33.6. The Bertz CT molecular complexity index is 1780. The minimum absolute atomic E-state index is 0.0438. The molecule has 2 aromatic heterocycles. The van der Waals surface area contributed by atoms with Crippen LogP contribution in [0.5, 0.6) is 5.75 Å². The first kappa shape index (κ1) is 34.0. The van der Waals surface area contributed by atoms with Gasteiger partial charge >= 0.3 is 19.8 Å². The standard InChI is InChI=1S/C31H36ClN6O8P/c1-19(2)45-30(40)20(3)37-47(42,46-21-8-5-4-6-9-21)44-15-14-43-31(41)33-17-28-23-18-38(13-12-26(23)35-36-28)29(39)27-16-22-24(32)10-7-11-25(22)34-27/h4-11,16,19-20,34H,12-15,17-18H2,1-3H3,(H,33,41)(H,35,36)(H,37,42)/t20-,47?/m0/s1. The summed E-state index contributed by atoms with van der Waals surface area (Å²) < 4.78 is 34.9. The third kappa shape index (κ3) is 8.72. The van der Waals surface area contributed by atoms with Gasteiger partial charge in [-0.1, -0.05) is 35.9 Å². The van der Waals surface area contributed by atoms with E-state index in [-0.39, 0.29) is 37.5 Å². The van der Waals surface area contributed by atoms with Crippen LogP contribution in [0.4, 0.5) is 4.79 Å². The summed E-state index contributed by atoms with van der Waals surface area (Å²) in [4.78, 5) is 42.9. The highest BCUT2D eigenvalue weighted by molar-refractivity contribution is 7.52. The van der Waals surface area contributed by atoms with E-state index in [2.05, 4.69) is 25.6 Å². The van der Waals surface area contributed by atoms with Gasteiger partial charge in [0.2, 0.25) is 0 Å². The number of hydrogen-bond acceptors (Lipinski definition) is 9. The molecule has 1 aliphatic heterocycles. The molecule has 1 aliphatic rings. The van der Waals surface area contributed by atoms with Crippen LogP contribution in [0.25, 0.3) is 10.9 Å². The Kier molecular flexibility index (Phi) is 10.9. The Morgan fingerprint density at radius 3 is 2.62 bits per heavy atom. The van der Waals surface area contributed by atoms with Gasteiger partial charge in [-0.25, -0.2) is 9.36 Å². The quantitative estimate of drug-likeness (QED) is 0.0840. The van der Waals surface area contributed by atoms with Crippen molar-refractivity contribution in [1.29, 1.82) is 0 Å². The van der Waals surface area contributed by atoms with Gasteiger partial charge in [0.15, 0.2) is 0 Å². The molecule has 2 amide bonds. The molecule has 0 saturated carbocycles. The molecule has 0 fully saturated rings. The number of benzene rings is 2. The van der Waals surface area contributed by atoms with Gasteiger partial charge in [0.25, 0.3) is 5.91 Å². The van der Waals surface area contributed by atoms with Crippen molar-refractivity contribution in [2.24, 2.45) is 0 Å². The Balaban J connectivity index is 1.12. The molecule has 14 nitrogen and oxygen atoms in total. The molecule has 0 saturated heterocycles. The molecule has 1 unspecified atom stereocenters. The van der Waals surface area contributed by atoms with E-state index in [1.54, 1.807) is 61.2 Å². The van der Waals surface area contributed by atoms with Crippen LogP contribution >= 0.6 is 19.3 Å². The molecule has 0 bridgehead atoms. The molecule has 2 aromatic carbocycles. The second-order valence-corrected chi connectivity index (χ2v) is 13.2. The summed E-state index contributed by atoms with van der Waals surface area (Å²) in [7, 11) is -4.09. The van der Waals surface area contributed by atoms with Gasteiger partial charge in [-0.05, 0) is 51.1 Å². The average molecular weight is 687 g/mol. The maximum Gasteiger partial charge on any atom is 0.459 e. The summed E-state index contributed by atoms with van der Waals surface area (Å²) in [5.74, 6) is -0.552. The number of aromatic amines is 2. The van der Waals surface area contributed by atoms with E-state index < -0.39 is 25.9 Å². The summed E-state index contributed by atoms with van der Waals surface area (Å²) in [6.07, 6.45) is -0.554. The maximum absolute atomic E-state index is 13.5. The minimum Gasteiger partial charge on any atom is -0.462 e. The van der Waals surface area contributed by atoms with Crippen molar-refractivity contribution < 1.29 is 37.5 Å². The largest absolute Gasteiger partial charge is 0.462 e. The van der Waals surface area contributed by atoms with Crippen molar-refractivity contribution in [3.63, 3.8) is 0 Å². The van der Waals surface area contributed by atoms with E-state index in [4.69, 9.17) is 30.1 Å². The lowest BCUT2D eigenvalue weighted by atomic mass is 10.0. The fraction of sp³-hybridized carbons (Fsp3) is 0.355. The number of alkyl carbamates (subject to hydrolysis) is 1. The van der Waals surface area contributed by atoms with Gasteiger partial charge < -0.3 is 29.2 Å². The Labute approximate surface area is 276 Å². The Hall–Kier alpha value is -4.36. The lowest BCUT2D eigenvalue weighted by molar-refractivity contribution is -0.149. The highest BCUT2D eigenvalue weighted by Gasteiger charge is 2.33. The number of nitrogens with zero attached hydrogens (tertiary/aromatic N) is 2. The molecule has 4 N–H and O–H groups in total. The number of carbonyl (C=O) groups is 3. The molecule has 2 atom stereocenters. The number of aromatic nitrogens is 3. The third-order valence-corrected chi connectivity index (χ3v) is 9.16. The van der Waals surface area contributed by atoms with Crippen LogP contribution < -0.4 is 14.9 Å². The normalized spacial score (nSPS) is 14.7. The lowest BCUT2D eigenvalue weighted by Crippen LogP contribution is -2.36. The first-order valence-corrected chi connectivity index (χ1v) is 16.9. The number of rotatable bonds is 13. The van der Waals surface area contributed by atoms with E-state index in [9.17, 15) is 18.9 Å². The van der Waals surface area contributed by atoms with E-state index >= 15 is 0 Å². The predicted molar refractivity (Wildman–Crippen MR) is 173 cm³/mol. The molecular weight excluding hydrogens is 651 g/mol. The average Bonchev–Trinajstić information content (AvgIpc) is 3.67. The summed E-state index contributed by atoms with van der Waals surface area (Å²) in [6.45, 7) is 5.14. The zero-order valence-corrected chi connectivity index (χ0v) is 27.7. The van der Waals surface area contributed by atoms with Crippen LogP contribution in [0.1, 0.15) is 48.2 Å². The predicted octanol–water partition coefficient (Wildman–Crippen LogP) is 5.10. The van der Waals surface area contributed by atoms with Crippen molar-refractivity contribution in [2.45, 2.75) is 52.4 Å². The lowest BCUT2D eigenvalue weighted by Gasteiger charge is -2.26. The molecule has 16 heteroatoms. The molecule has 0 spiro atoms. The highest BCUT2D eigenvalue weighted by Crippen LogP contribution is 2.44. The second-order valence-electron chi connectivity index (χ2n) is 11.0. The van der Waals surface area contributed by atoms with E-state index in [1.807, 2.05) is 12.1 Å². The van der Waals surface area contributed by atoms with Crippen molar-refractivity contribution >= 4 is 48.2 Å². The molecule has 3 heterocycles. The van der Waals surface area contributed by atoms with Crippen LogP contribution in [0.2, 0.25) is 5.02 Å². The van der Waals surface area contributed by atoms with Gasteiger partial charge in [0, 0.05) is 46.7 Å². The number of H-pyrrole nitrogens is 2. The molecule has 4 aromatic rings. The Morgan fingerprint density at radius 2 is 1.87 bits per heavy atom. The fourth-order valence-corrected chi connectivity index (χ4v) is 6.61. The number of para-hydroxylation sites is 1. The summed E-state index contributed by atoms with van der Waals surface area (Å²) in [5, 5.41) is 13.9. The summed E-state index contributed by atoms with van der Waals surface area (Å²) in [5.41, 5.74) is 3.49. The number of halogens is 1. The zero-order valence-electron chi connectivity index (χ0n) is 26.1. The topological polar surface area (TPSA) is 177 Å². The Morgan fingerprint density at radius 1 is 1.09 bits per heavy atom. The fourth-order valence-electron chi connectivity index (χ4n) is 4.91. The van der Waals surface area contributed by atoms with Gasteiger partial charge in [0.1, 0.15) is 24.1 Å². The van der Waals surface area contributed by atoms with Crippen LogP contribution in [-0.2, 0) is 42.9 Å². The number of hydrogen-bond donors (Lipinski definition) is 4. The molecule has 0 aliphatic carbocycles. The van der Waals surface area contributed by atoms with Crippen molar-refractivity contribution in [3.8, 4) is 5.75 Å². The van der Waals surface area contributed by atoms with Crippen LogP contribution in [0.15, 0.2) is 54.6 Å². The first-order valence-electron chi connectivity index (χ1n) is 15.0. The molecule has 250 valence electrons. The smallest absolute Gasteiger partial charge is 0.459 e. The number of amides is 2. The number of ether oxygens (including phenoxy) is 2. The van der Waals surface area contributed by atoms with Gasteiger partial charge in [-0.3, -0.25) is 19.2 Å². The van der Waals surface area contributed by atoms with Crippen molar-refractivity contribution in [1.82, 2.24) is 30.5 Å². The maximum atomic E-state index is 13.5. The van der Waals surface area contributed by atoms with Crippen LogP contribution in [-0.4, -0.2) is 70.0 Å². The third-order valence-electron chi connectivity index (χ3n) is 7.15. The van der Waals surface area contributed by atoms with Crippen molar-refractivity contribution in [3.05, 3.63) is 82.3 Å². The number of nitrogens with one attached hydrogen (secondary N) is 4. The summed E-state index contributed by atoms with van der Waals surface area (Å²) in [6, 6.07) is 14.5. The van der Waals surface area contributed by atoms with Crippen LogP contribution in [0, 0.1) is 0 Å². The number of carbonyl (C=O) groups excluding carboxylic acids is 3. The van der Waals surface area contributed by atoms with E-state index in [0.29, 0.717) is 35.9 Å². The van der Waals surface area contributed by atoms with Crippen LogP contribution in [0.3, 0.4) is 0 Å². The summed E-state index contributed by atoms with van der Waals surface area (Å²) >= 11 is 6.28. The van der Waals surface area contributed by atoms with E-state index in [1.165, 1.54) is 6.92 Å². The first-order chi connectivity index (χ1) is 22.5. The minimum atomic E-state index is -4.09. The van der Waals surface area contributed by atoms with Crippen molar-refractivity contribution in [2.75, 3.05) is 19.8 Å². The van der Waals surface area contributed by atoms with Gasteiger partial charge in [0.05, 0.1) is 24.9 Å². The molecule has 0 radical (unpaired) electrons. The number of fused-ring (bicyclic) bond motifs is 2. The monoisotopic (exact) mass is 686 g/mol. The van der Waals surface area contributed by atoms with Gasteiger partial charge in [-0.2, -0.15) is 10.2 Å². The molecule has 5 rings (SSSR count). The van der Waals surface area contributed by atoms with Gasteiger partial charge in [-0.15, -0.1) is 0 Å². The SMILES string of the molecule is CC(C)OC(=O)[C@H](C)NP(=O)(OCCOC(=O)NCc1n[nH]c2c1CN(C(=O)c1cc3c(Cl)cccc3[nH]1)CC2)Oc1ccccc1. The molecule has 47 heavy (non-hydrogen) atoms. The van der Waals surface area contributed by atoms with E-state index in [0.717, 1.165) is 22.2 Å².